The summed E-state index contributed by atoms with van der Waals surface area (Å²) in [7, 11) is -0.564. The maximum Gasteiger partial charge on any atom is 0.260 e. The average molecular weight is 553 g/mol. The normalized spacial score (nSPS) is 15.7. The number of fused-ring (bicyclic) bond motifs is 1. The lowest BCUT2D eigenvalue weighted by Gasteiger charge is -2.21. The van der Waals surface area contributed by atoms with Crippen LogP contribution in [0.3, 0.4) is 0 Å². The van der Waals surface area contributed by atoms with E-state index < -0.39 is 10.0 Å². The Morgan fingerprint density at radius 1 is 1.18 bits per heavy atom. The number of hydrogen-bond acceptors (Lipinski definition) is 8. The van der Waals surface area contributed by atoms with Crippen LogP contribution < -0.4 is 9.64 Å². The van der Waals surface area contributed by atoms with E-state index in [-0.39, 0.29) is 23.5 Å². The molecular formula is C27H28N4O5S2. The molecule has 198 valence electrons. The van der Waals surface area contributed by atoms with Crippen LogP contribution in [0, 0.1) is 0 Å². The predicted octanol–water partition coefficient (Wildman–Crippen LogP) is 4.35. The summed E-state index contributed by atoms with van der Waals surface area (Å²) in [5.74, 6) is 0.413. The third-order valence-corrected chi connectivity index (χ3v) is 9.30. The van der Waals surface area contributed by atoms with Gasteiger partial charge in [0.25, 0.3) is 5.91 Å². The number of anilines is 1. The lowest BCUT2D eigenvalue weighted by molar-refractivity contribution is 0.0978. The zero-order chi connectivity index (χ0) is 26.7. The minimum absolute atomic E-state index is 0.0922. The fourth-order valence-corrected chi connectivity index (χ4v) is 6.51. The van der Waals surface area contributed by atoms with Crippen LogP contribution in [-0.4, -0.2) is 62.0 Å². The maximum absolute atomic E-state index is 13.7. The minimum Gasteiger partial charge on any atom is -0.497 e. The first-order valence-corrected chi connectivity index (χ1v) is 14.4. The molecule has 1 atom stereocenters. The Labute approximate surface area is 225 Å². The van der Waals surface area contributed by atoms with Crippen LogP contribution in [0.2, 0.25) is 0 Å². The van der Waals surface area contributed by atoms with Crippen molar-refractivity contribution in [3.05, 3.63) is 78.1 Å². The van der Waals surface area contributed by atoms with Gasteiger partial charge in [0, 0.05) is 38.2 Å². The Morgan fingerprint density at radius 2 is 2.00 bits per heavy atom. The van der Waals surface area contributed by atoms with Crippen molar-refractivity contribution in [3.8, 4) is 5.75 Å². The summed E-state index contributed by atoms with van der Waals surface area (Å²) in [5, 5.41) is 0.523. The number of likely N-dealkylation sites (N-methyl/N-ethyl adjacent to an activating group) is 1. The van der Waals surface area contributed by atoms with Gasteiger partial charge in [-0.2, -0.15) is 4.31 Å². The van der Waals surface area contributed by atoms with Gasteiger partial charge in [0.1, 0.15) is 5.75 Å². The van der Waals surface area contributed by atoms with Crippen molar-refractivity contribution in [2.24, 2.45) is 0 Å². The lowest BCUT2D eigenvalue weighted by Crippen LogP contribution is -2.34. The zero-order valence-electron chi connectivity index (χ0n) is 21.1. The number of aromatic nitrogens is 2. The average Bonchev–Trinajstić information content (AvgIpc) is 3.61. The van der Waals surface area contributed by atoms with E-state index in [4.69, 9.17) is 14.5 Å². The summed E-state index contributed by atoms with van der Waals surface area (Å²) < 4.78 is 39.3. The molecule has 0 N–H and O–H groups in total. The van der Waals surface area contributed by atoms with Gasteiger partial charge in [-0.3, -0.25) is 14.7 Å². The summed E-state index contributed by atoms with van der Waals surface area (Å²) in [6.45, 7) is 1.21. The van der Waals surface area contributed by atoms with Gasteiger partial charge in [0.15, 0.2) is 5.13 Å². The molecule has 11 heteroatoms. The molecule has 3 heterocycles. The summed E-state index contributed by atoms with van der Waals surface area (Å²) in [5.41, 5.74) is 1.95. The number of carbonyl (C=O) groups is 1. The van der Waals surface area contributed by atoms with Crippen LogP contribution in [0.5, 0.6) is 5.75 Å². The Kier molecular flexibility index (Phi) is 7.70. The van der Waals surface area contributed by atoms with Gasteiger partial charge >= 0.3 is 0 Å². The maximum atomic E-state index is 13.7. The molecule has 4 aromatic rings. The molecule has 1 aliphatic rings. The van der Waals surface area contributed by atoms with Gasteiger partial charge in [-0.1, -0.05) is 17.4 Å². The number of sulfonamides is 1. The van der Waals surface area contributed by atoms with Crippen molar-refractivity contribution < 1.29 is 22.7 Å². The van der Waals surface area contributed by atoms with Crippen LogP contribution in [-0.2, 0) is 21.3 Å². The lowest BCUT2D eigenvalue weighted by atomic mass is 10.2. The summed E-state index contributed by atoms with van der Waals surface area (Å²) >= 11 is 1.38. The molecule has 0 radical (unpaired) electrons. The molecule has 1 saturated heterocycles. The molecule has 1 amide bonds. The summed E-state index contributed by atoms with van der Waals surface area (Å²) in [6, 6.07) is 15.3. The highest BCUT2D eigenvalue weighted by atomic mass is 32.2. The Bertz CT molecular complexity index is 1520. The molecule has 1 unspecified atom stereocenters. The summed E-state index contributed by atoms with van der Waals surface area (Å²) in [6.07, 6.45) is 5.07. The van der Waals surface area contributed by atoms with E-state index in [9.17, 15) is 13.2 Å². The largest absolute Gasteiger partial charge is 0.497 e. The minimum atomic E-state index is -3.72. The molecule has 2 aromatic carbocycles. The number of ether oxygens (including phenoxy) is 2. The molecule has 0 aliphatic carbocycles. The molecule has 1 fully saturated rings. The van der Waals surface area contributed by atoms with Crippen LogP contribution >= 0.6 is 11.3 Å². The van der Waals surface area contributed by atoms with Crippen LogP contribution in [0.25, 0.3) is 10.2 Å². The second-order valence-corrected chi connectivity index (χ2v) is 12.1. The monoisotopic (exact) mass is 552 g/mol. The number of amides is 1. The number of hydrogen-bond donors (Lipinski definition) is 0. The van der Waals surface area contributed by atoms with Gasteiger partial charge in [-0.25, -0.2) is 13.4 Å². The first-order chi connectivity index (χ1) is 18.3. The number of thiazole rings is 1. The molecule has 38 heavy (non-hydrogen) atoms. The molecule has 0 saturated carbocycles. The second kappa shape index (κ2) is 11.2. The topological polar surface area (TPSA) is 102 Å². The van der Waals surface area contributed by atoms with E-state index >= 15 is 0 Å². The fourth-order valence-electron chi connectivity index (χ4n) is 4.31. The van der Waals surface area contributed by atoms with Crippen molar-refractivity contribution in [1.29, 1.82) is 0 Å². The highest BCUT2D eigenvalue weighted by Gasteiger charge is 2.27. The van der Waals surface area contributed by atoms with Gasteiger partial charge in [0.05, 0.1) is 34.9 Å². The van der Waals surface area contributed by atoms with E-state index in [1.165, 1.54) is 27.8 Å². The van der Waals surface area contributed by atoms with E-state index in [2.05, 4.69) is 4.98 Å². The highest BCUT2D eigenvalue weighted by Crippen LogP contribution is 2.33. The highest BCUT2D eigenvalue weighted by molar-refractivity contribution is 7.89. The van der Waals surface area contributed by atoms with Crippen molar-refractivity contribution in [2.45, 2.75) is 30.4 Å². The number of benzene rings is 2. The Hall–Kier alpha value is -3.38. The van der Waals surface area contributed by atoms with Crippen LogP contribution in [0.1, 0.15) is 28.8 Å². The zero-order valence-corrected chi connectivity index (χ0v) is 22.7. The van der Waals surface area contributed by atoms with E-state index in [1.54, 1.807) is 43.6 Å². The number of pyridine rings is 1. The quantitative estimate of drug-likeness (QED) is 0.304. The second-order valence-electron chi connectivity index (χ2n) is 9.03. The standard InChI is InChI=1S/C27H28N4O5S2/c1-30(18-22-6-4-14-36-22)38(33,34)23-10-7-20(8-11-23)26(32)31(17-19-5-3-13-28-16-19)27-29-24-12-9-21(35-2)15-25(24)37-27/h3,5,7-13,15-16,22H,4,6,14,17-18H2,1-2H3. The van der Waals surface area contributed by atoms with Crippen molar-refractivity contribution in [3.63, 3.8) is 0 Å². The Morgan fingerprint density at radius 3 is 2.68 bits per heavy atom. The van der Waals surface area contributed by atoms with Gasteiger partial charge < -0.3 is 9.47 Å². The fraction of sp³-hybridized carbons (Fsp3) is 0.296. The van der Waals surface area contributed by atoms with Gasteiger partial charge in [0.2, 0.25) is 10.0 Å². The smallest absolute Gasteiger partial charge is 0.260 e. The molecule has 9 nitrogen and oxygen atoms in total. The van der Waals surface area contributed by atoms with E-state index in [0.717, 1.165) is 28.6 Å². The SMILES string of the molecule is COc1ccc2nc(N(Cc3cccnc3)C(=O)c3ccc(S(=O)(=O)N(C)CC4CCCO4)cc3)sc2c1. The molecule has 1 aliphatic heterocycles. The molecule has 0 bridgehead atoms. The van der Waals surface area contributed by atoms with Crippen molar-refractivity contribution in [1.82, 2.24) is 14.3 Å². The van der Waals surface area contributed by atoms with Gasteiger partial charge in [-0.15, -0.1) is 0 Å². The molecule has 0 spiro atoms. The predicted molar refractivity (Wildman–Crippen MR) is 146 cm³/mol. The Balaban J connectivity index is 1.42. The van der Waals surface area contributed by atoms with Crippen molar-refractivity contribution >= 4 is 42.6 Å². The first-order valence-electron chi connectivity index (χ1n) is 12.2. The van der Waals surface area contributed by atoms with Gasteiger partial charge in [-0.05, 0) is 66.9 Å². The number of nitrogens with zero attached hydrogens (tertiary/aromatic N) is 4. The molecular weight excluding hydrogens is 524 g/mol. The molecule has 2 aromatic heterocycles. The third-order valence-electron chi connectivity index (χ3n) is 6.42. The van der Waals surface area contributed by atoms with E-state index in [0.29, 0.717) is 29.6 Å². The number of rotatable bonds is 9. The number of methoxy groups -OCH3 is 1. The van der Waals surface area contributed by atoms with Crippen LogP contribution in [0.15, 0.2) is 71.9 Å². The third kappa shape index (κ3) is 5.56. The van der Waals surface area contributed by atoms with Crippen LogP contribution in [0.4, 0.5) is 5.13 Å². The molecule has 5 rings (SSSR count). The number of carbonyl (C=O) groups excluding carboxylic acids is 1. The summed E-state index contributed by atoms with van der Waals surface area (Å²) in [4.78, 5) is 24.3. The van der Waals surface area contributed by atoms with Crippen molar-refractivity contribution in [2.75, 3.05) is 32.2 Å². The van der Waals surface area contributed by atoms with E-state index in [1.807, 2.05) is 30.3 Å². The first kappa shape index (κ1) is 26.2.